The van der Waals surface area contributed by atoms with Crippen molar-refractivity contribution in [3.05, 3.63) is 110 Å². The van der Waals surface area contributed by atoms with Crippen LogP contribution in [-0.2, 0) is 14.4 Å². The molecule has 0 radical (unpaired) electrons. The molecule has 2 saturated heterocycles. The number of halogens is 2. The molecule has 0 unspecified atom stereocenters. The summed E-state index contributed by atoms with van der Waals surface area (Å²) in [6.45, 7) is 0. The van der Waals surface area contributed by atoms with E-state index in [2.05, 4.69) is 0 Å². The number of para-hydroxylation sites is 2. The van der Waals surface area contributed by atoms with Gasteiger partial charge in [-0.15, -0.1) is 0 Å². The van der Waals surface area contributed by atoms with Gasteiger partial charge >= 0.3 is 4.87 Å². The lowest BCUT2D eigenvalue weighted by Gasteiger charge is -2.28. The molecule has 2 aliphatic heterocycles. The normalized spacial score (nSPS) is 21.3. The Morgan fingerprint density at radius 1 is 0.778 bits per heavy atom. The minimum Gasteiger partial charge on any atom is -0.273 e. The average molecular weight is 522 g/mol. The highest BCUT2D eigenvalue weighted by Gasteiger charge is 2.61. The number of anilines is 2. The minimum absolute atomic E-state index is 0.145. The van der Waals surface area contributed by atoms with Crippen molar-refractivity contribution in [3.63, 3.8) is 0 Å². The summed E-state index contributed by atoms with van der Waals surface area (Å²) < 4.78 is 14.9. The number of benzene rings is 3. The first-order valence-electron chi connectivity index (χ1n) is 11.1. The molecule has 180 valence electrons. The van der Waals surface area contributed by atoms with Crippen LogP contribution in [0.2, 0.25) is 5.15 Å². The number of amides is 2. The topological polar surface area (TPSA) is 71.8 Å². The molecule has 10 heteroatoms. The summed E-state index contributed by atoms with van der Waals surface area (Å²) in [5, 5.41) is 1.63. The van der Waals surface area contributed by atoms with Gasteiger partial charge in [0.15, 0.2) is 6.10 Å². The first kappa shape index (κ1) is 22.7. The number of hydrogen-bond acceptors (Lipinski definition) is 6. The van der Waals surface area contributed by atoms with Gasteiger partial charge in [-0.05, 0) is 48.5 Å². The summed E-state index contributed by atoms with van der Waals surface area (Å²) in [5.74, 6) is -2.53. The highest BCUT2D eigenvalue weighted by molar-refractivity contribution is 7.10. The molecular formula is C26H17ClFN3O4S. The van der Waals surface area contributed by atoms with Gasteiger partial charge in [0.05, 0.1) is 21.9 Å². The maximum atomic E-state index is 13.7. The van der Waals surface area contributed by atoms with Crippen molar-refractivity contribution in [2.45, 2.75) is 12.1 Å². The first-order chi connectivity index (χ1) is 17.5. The van der Waals surface area contributed by atoms with Crippen LogP contribution in [0.1, 0.15) is 10.9 Å². The average Bonchev–Trinajstić information content (AvgIpc) is 3.50. The Kier molecular flexibility index (Phi) is 5.48. The number of aromatic nitrogens is 1. The van der Waals surface area contributed by atoms with Crippen molar-refractivity contribution < 1.29 is 18.8 Å². The van der Waals surface area contributed by atoms with Crippen molar-refractivity contribution in [3.8, 4) is 5.69 Å². The molecule has 2 fully saturated rings. The Labute approximate surface area is 213 Å². The molecule has 0 spiro atoms. The predicted octanol–water partition coefficient (Wildman–Crippen LogP) is 4.74. The maximum absolute atomic E-state index is 13.7. The molecule has 0 N–H and O–H groups in total. The second-order valence-corrected chi connectivity index (χ2v) is 9.69. The van der Waals surface area contributed by atoms with E-state index < -0.39 is 35.7 Å². The molecule has 7 nitrogen and oxygen atoms in total. The van der Waals surface area contributed by atoms with Crippen LogP contribution in [0.25, 0.3) is 5.69 Å². The largest absolute Gasteiger partial charge is 0.313 e. The minimum atomic E-state index is -1.13. The summed E-state index contributed by atoms with van der Waals surface area (Å²) in [6, 6.07) is 22.2. The van der Waals surface area contributed by atoms with Crippen molar-refractivity contribution in [1.82, 2.24) is 4.57 Å². The quantitative estimate of drug-likeness (QED) is 0.363. The lowest BCUT2D eigenvalue weighted by atomic mass is 9.95. The number of carbonyl (C=O) groups excluding carboxylic acids is 2. The number of rotatable bonds is 4. The van der Waals surface area contributed by atoms with Gasteiger partial charge in [-0.3, -0.25) is 23.8 Å². The monoisotopic (exact) mass is 521 g/mol. The molecule has 3 heterocycles. The smallest absolute Gasteiger partial charge is 0.273 e. The van der Waals surface area contributed by atoms with Crippen molar-refractivity contribution in [2.24, 2.45) is 5.92 Å². The Morgan fingerprint density at radius 2 is 1.39 bits per heavy atom. The van der Waals surface area contributed by atoms with Crippen LogP contribution in [0.3, 0.4) is 0 Å². The molecule has 2 amide bonds. The number of nitrogens with zero attached hydrogens (tertiary/aromatic N) is 3. The van der Waals surface area contributed by atoms with Crippen molar-refractivity contribution in [2.75, 3.05) is 9.96 Å². The van der Waals surface area contributed by atoms with Gasteiger partial charge in [0.25, 0.3) is 5.91 Å². The molecule has 0 saturated carbocycles. The molecule has 4 aromatic rings. The summed E-state index contributed by atoms with van der Waals surface area (Å²) in [4.78, 5) is 47.3. The Balaban J connectivity index is 1.48. The highest BCUT2D eigenvalue weighted by atomic mass is 35.5. The summed E-state index contributed by atoms with van der Waals surface area (Å²) in [6.07, 6.45) is -1.13. The summed E-state index contributed by atoms with van der Waals surface area (Å²) >= 11 is 7.69. The summed E-state index contributed by atoms with van der Waals surface area (Å²) in [5.41, 5.74) is 1.43. The molecule has 3 aromatic carbocycles. The van der Waals surface area contributed by atoms with Crippen LogP contribution in [0.4, 0.5) is 15.8 Å². The van der Waals surface area contributed by atoms with E-state index in [1.54, 1.807) is 48.5 Å². The van der Waals surface area contributed by atoms with Crippen LogP contribution in [0, 0.1) is 11.7 Å². The molecule has 3 atom stereocenters. The van der Waals surface area contributed by atoms with Gasteiger partial charge in [-0.25, -0.2) is 14.4 Å². The van der Waals surface area contributed by atoms with E-state index in [0.717, 1.165) is 16.2 Å². The van der Waals surface area contributed by atoms with Gasteiger partial charge in [0.1, 0.15) is 22.9 Å². The van der Waals surface area contributed by atoms with E-state index in [-0.39, 0.29) is 15.7 Å². The molecule has 6 rings (SSSR count). The third-order valence-corrected chi connectivity index (χ3v) is 7.77. The number of imide groups is 1. The van der Waals surface area contributed by atoms with Crippen LogP contribution < -0.4 is 14.8 Å². The number of fused-ring (bicyclic) bond motifs is 1. The molecule has 36 heavy (non-hydrogen) atoms. The predicted molar refractivity (Wildman–Crippen MR) is 134 cm³/mol. The number of thiazole rings is 1. The second-order valence-electron chi connectivity index (χ2n) is 8.34. The number of hydroxylamine groups is 1. The van der Waals surface area contributed by atoms with E-state index in [9.17, 15) is 18.8 Å². The molecule has 0 aliphatic carbocycles. The Hall–Kier alpha value is -3.79. The zero-order valence-electron chi connectivity index (χ0n) is 18.5. The van der Waals surface area contributed by atoms with Crippen LogP contribution in [0.15, 0.2) is 89.7 Å². The lowest BCUT2D eigenvalue weighted by Crippen LogP contribution is -2.37. The van der Waals surface area contributed by atoms with Gasteiger partial charge in [0, 0.05) is 0 Å². The van der Waals surface area contributed by atoms with E-state index in [1.807, 2.05) is 12.1 Å². The zero-order valence-corrected chi connectivity index (χ0v) is 20.0. The van der Waals surface area contributed by atoms with Crippen LogP contribution in [-0.4, -0.2) is 22.5 Å². The van der Waals surface area contributed by atoms with Gasteiger partial charge in [-0.2, -0.15) is 0 Å². The summed E-state index contributed by atoms with van der Waals surface area (Å²) in [7, 11) is 0. The van der Waals surface area contributed by atoms with Crippen molar-refractivity contribution >= 4 is 46.1 Å². The van der Waals surface area contributed by atoms with E-state index in [0.29, 0.717) is 16.3 Å². The number of carbonyl (C=O) groups is 2. The molecular weight excluding hydrogens is 505 g/mol. The fourth-order valence-corrected chi connectivity index (χ4v) is 6.14. The number of hydrogen-bond donors (Lipinski definition) is 0. The third-order valence-electron chi connectivity index (χ3n) is 6.27. The highest BCUT2D eigenvalue weighted by Crippen LogP contribution is 2.50. The first-order valence-corrected chi connectivity index (χ1v) is 12.3. The second kappa shape index (κ2) is 8.70. The zero-order chi connectivity index (χ0) is 25.0. The van der Waals surface area contributed by atoms with E-state index >= 15 is 0 Å². The SMILES string of the molecule is O=C1[C@H]2[C@@H](ON(c3ccccc3)[C@H]2c2sc(=O)n(-c3ccccc3)c2Cl)C(=O)N1c1ccc(F)cc1. The van der Waals surface area contributed by atoms with E-state index in [4.69, 9.17) is 16.4 Å². The Bertz CT molecular complexity index is 1520. The lowest BCUT2D eigenvalue weighted by molar-refractivity contribution is -0.126. The standard InChI is InChI=1S/C26H17ClFN3O4S/c27-23-22(36-26(34)29(23)16-7-3-1-4-8-16)20-19-21(35-31(20)18-9-5-2-6-10-18)25(33)30(24(19)32)17-13-11-15(28)12-14-17/h1-14,19-21H/t19-,20-,21-/m1/s1. The van der Waals surface area contributed by atoms with E-state index in [1.165, 1.54) is 33.9 Å². The molecule has 1 aromatic heterocycles. The van der Waals surface area contributed by atoms with Crippen LogP contribution >= 0.6 is 22.9 Å². The molecule has 2 aliphatic rings. The maximum Gasteiger partial charge on any atom is 0.313 e. The van der Waals surface area contributed by atoms with Gasteiger partial charge < -0.3 is 0 Å². The fourth-order valence-electron chi connectivity index (χ4n) is 4.67. The van der Waals surface area contributed by atoms with Gasteiger partial charge in [0.2, 0.25) is 5.91 Å². The third kappa shape index (κ3) is 3.47. The fraction of sp³-hybridized carbons (Fsp3) is 0.115. The van der Waals surface area contributed by atoms with Crippen molar-refractivity contribution in [1.29, 1.82) is 0 Å². The molecule has 0 bridgehead atoms. The van der Waals surface area contributed by atoms with Crippen LogP contribution in [0.5, 0.6) is 0 Å². The van der Waals surface area contributed by atoms with Gasteiger partial charge in [-0.1, -0.05) is 59.3 Å². The Morgan fingerprint density at radius 3 is 2.03 bits per heavy atom.